The van der Waals surface area contributed by atoms with E-state index in [0.717, 1.165) is 0 Å². The first-order valence-electron chi connectivity index (χ1n) is 7.89. The fraction of sp³-hybridized carbons (Fsp3) is 0.263. The van der Waals surface area contributed by atoms with Crippen LogP contribution in [0.3, 0.4) is 0 Å². The maximum Gasteiger partial charge on any atom is 0.338 e. The van der Waals surface area contributed by atoms with Crippen molar-refractivity contribution in [2.24, 2.45) is 0 Å². The second-order valence-corrected chi connectivity index (χ2v) is 5.82. The molecular formula is C19H19IO8. The fourth-order valence-corrected chi connectivity index (χ4v) is 3.03. The monoisotopic (exact) mass is 502 g/mol. The van der Waals surface area contributed by atoms with Gasteiger partial charge in [-0.1, -0.05) is 0 Å². The molecule has 2 aromatic carbocycles. The summed E-state index contributed by atoms with van der Waals surface area (Å²) in [5.41, 5.74) is 1.35. The summed E-state index contributed by atoms with van der Waals surface area (Å²) in [7, 11) is 6.93. The highest BCUT2D eigenvalue weighted by molar-refractivity contribution is 14.1. The van der Waals surface area contributed by atoms with Crippen molar-refractivity contribution < 1.29 is 36.3 Å². The minimum Gasteiger partial charge on any atom is -0.493 e. The van der Waals surface area contributed by atoms with Gasteiger partial charge < -0.3 is 26.8 Å². The summed E-state index contributed by atoms with van der Waals surface area (Å²) in [6.07, 6.45) is 0. The molecule has 0 unspecified atom stereocenters. The third kappa shape index (κ3) is 4.08. The summed E-state index contributed by atoms with van der Waals surface area (Å²) in [4.78, 5) is 24.2. The fourth-order valence-electron chi connectivity index (χ4n) is 2.71. The topological polar surface area (TPSA) is 89.5 Å². The predicted molar refractivity (Wildman–Crippen MR) is 109 cm³/mol. The molecule has 0 spiro atoms. The van der Waals surface area contributed by atoms with Crippen LogP contribution in [-0.2, 0) is 9.47 Å². The number of carbonyl (C=O) groups excluding carboxylic acids is 2. The number of benzene rings is 2. The summed E-state index contributed by atoms with van der Waals surface area (Å²) in [6.45, 7) is 0. The highest BCUT2D eigenvalue weighted by Gasteiger charge is 2.24. The molecule has 2 rings (SSSR count). The lowest BCUT2D eigenvalue weighted by Crippen LogP contribution is -2.06. The Morgan fingerprint density at radius 2 is 1.11 bits per heavy atom. The standard InChI is InChI=1S/C19H19IO8/c1-23-14-8-10(18(21)26-4)6-12(16(14)24-2)13-7-11(19(22)27-5)9-15(28-20)17(13)25-3/h6-9H,1-5H3. The molecule has 9 heteroatoms. The average molecular weight is 502 g/mol. The van der Waals surface area contributed by atoms with E-state index in [9.17, 15) is 9.59 Å². The normalized spacial score (nSPS) is 10.1. The van der Waals surface area contributed by atoms with Gasteiger partial charge in [0.1, 0.15) is 0 Å². The molecule has 0 fully saturated rings. The first kappa shape index (κ1) is 21.6. The first-order valence-corrected chi connectivity index (χ1v) is 8.77. The maximum atomic E-state index is 12.1. The molecule has 2 aromatic rings. The molecule has 8 nitrogen and oxygen atoms in total. The molecule has 28 heavy (non-hydrogen) atoms. The van der Waals surface area contributed by atoms with Crippen molar-refractivity contribution in [2.45, 2.75) is 0 Å². The van der Waals surface area contributed by atoms with E-state index < -0.39 is 11.9 Å². The van der Waals surface area contributed by atoms with Gasteiger partial charge in [0.15, 0.2) is 46.0 Å². The van der Waals surface area contributed by atoms with Crippen molar-refractivity contribution in [3.63, 3.8) is 0 Å². The van der Waals surface area contributed by atoms with Gasteiger partial charge in [0.2, 0.25) is 0 Å². The average Bonchev–Trinajstić information content (AvgIpc) is 2.75. The van der Waals surface area contributed by atoms with Crippen molar-refractivity contribution in [3.8, 4) is 34.1 Å². The number of rotatable bonds is 7. The van der Waals surface area contributed by atoms with Crippen molar-refractivity contribution >= 4 is 34.9 Å². The Hall–Kier alpha value is -2.69. The number of esters is 2. The van der Waals surface area contributed by atoms with Gasteiger partial charge in [0.25, 0.3) is 0 Å². The lowest BCUT2D eigenvalue weighted by molar-refractivity contribution is 0.0591. The number of ether oxygens (including phenoxy) is 5. The van der Waals surface area contributed by atoms with Crippen LogP contribution in [-0.4, -0.2) is 47.5 Å². The SMILES string of the molecule is COC(=O)c1cc(OC)c(OC)c(-c2cc(C(=O)OC)cc(OI)c2OC)c1. The van der Waals surface area contributed by atoms with Crippen LogP contribution in [0.25, 0.3) is 11.1 Å². The summed E-state index contributed by atoms with van der Waals surface area (Å²) in [5.74, 6) is 0.164. The minimum atomic E-state index is -0.561. The van der Waals surface area contributed by atoms with Gasteiger partial charge in [-0.3, -0.25) is 0 Å². The lowest BCUT2D eigenvalue weighted by Gasteiger charge is -2.18. The van der Waals surface area contributed by atoms with E-state index in [-0.39, 0.29) is 11.1 Å². The highest BCUT2D eigenvalue weighted by atomic mass is 127. The Morgan fingerprint density at radius 3 is 1.46 bits per heavy atom. The van der Waals surface area contributed by atoms with Gasteiger partial charge in [-0.15, -0.1) is 0 Å². The van der Waals surface area contributed by atoms with Gasteiger partial charge in [0.05, 0.1) is 46.7 Å². The van der Waals surface area contributed by atoms with Gasteiger partial charge in [-0.2, -0.15) is 0 Å². The van der Waals surface area contributed by atoms with E-state index in [1.807, 2.05) is 0 Å². The van der Waals surface area contributed by atoms with E-state index in [0.29, 0.717) is 34.1 Å². The molecule has 0 aliphatic rings. The predicted octanol–water partition coefficient (Wildman–Crippen LogP) is 3.68. The number of hydrogen-bond acceptors (Lipinski definition) is 8. The Morgan fingerprint density at radius 1 is 0.679 bits per heavy atom. The van der Waals surface area contributed by atoms with Crippen molar-refractivity contribution in [2.75, 3.05) is 35.5 Å². The Balaban J connectivity index is 2.91. The van der Waals surface area contributed by atoms with Crippen molar-refractivity contribution in [3.05, 3.63) is 35.4 Å². The van der Waals surface area contributed by atoms with Crippen LogP contribution < -0.4 is 17.3 Å². The van der Waals surface area contributed by atoms with Crippen LogP contribution in [0.4, 0.5) is 0 Å². The number of halogens is 1. The molecule has 0 amide bonds. The maximum absolute atomic E-state index is 12.1. The number of hydrogen-bond donors (Lipinski definition) is 0. The molecule has 0 saturated heterocycles. The van der Waals surface area contributed by atoms with Crippen molar-refractivity contribution in [1.82, 2.24) is 0 Å². The molecule has 150 valence electrons. The van der Waals surface area contributed by atoms with E-state index in [2.05, 4.69) is 0 Å². The summed E-state index contributed by atoms with van der Waals surface area (Å²) >= 11 is 1.68. The number of methoxy groups -OCH3 is 5. The summed E-state index contributed by atoms with van der Waals surface area (Å²) in [6, 6.07) is 6.11. The van der Waals surface area contributed by atoms with Crippen LogP contribution in [0.15, 0.2) is 24.3 Å². The van der Waals surface area contributed by atoms with Gasteiger partial charge in [0, 0.05) is 11.1 Å². The van der Waals surface area contributed by atoms with Crippen LogP contribution in [0.1, 0.15) is 20.7 Å². The smallest absolute Gasteiger partial charge is 0.338 e. The molecular weight excluding hydrogens is 483 g/mol. The van der Waals surface area contributed by atoms with Gasteiger partial charge in [-0.05, 0) is 24.3 Å². The second kappa shape index (κ2) is 9.49. The van der Waals surface area contributed by atoms with Crippen LogP contribution >= 0.6 is 23.0 Å². The van der Waals surface area contributed by atoms with E-state index in [4.69, 9.17) is 26.8 Å². The molecule has 0 aliphatic heterocycles. The molecule has 0 radical (unpaired) electrons. The molecule has 0 aliphatic carbocycles. The van der Waals surface area contributed by atoms with Gasteiger partial charge >= 0.3 is 11.9 Å². The van der Waals surface area contributed by atoms with E-state index in [1.165, 1.54) is 47.7 Å². The zero-order chi connectivity index (χ0) is 20.8. The van der Waals surface area contributed by atoms with E-state index >= 15 is 0 Å². The lowest BCUT2D eigenvalue weighted by atomic mass is 9.97. The molecule has 0 heterocycles. The van der Waals surface area contributed by atoms with Crippen molar-refractivity contribution in [1.29, 1.82) is 0 Å². The quantitative estimate of drug-likeness (QED) is 0.419. The Kier molecular flexibility index (Phi) is 7.32. The molecule has 0 saturated carbocycles. The van der Waals surface area contributed by atoms with Crippen LogP contribution in [0.5, 0.6) is 23.0 Å². The van der Waals surface area contributed by atoms with Crippen LogP contribution in [0, 0.1) is 0 Å². The molecule has 0 atom stereocenters. The Labute approximate surface area is 176 Å². The molecule has 0 N–H and O–H groups in total. The molecule has 0 aromatic heterocycles. The Bertz CT molecular complexity index is 820. The van der Waals surface area contributed by atoms with Gasteiger partial charge in [-0.25, -0.2) is 9.59 Å². The zero-order valence-corrected chi connectivity index (χ0v) is 18.1. The summed E-state index contributed by atoms with van der Waals surface area (Å²) in [5, 5.41) is 0. The zero-order valence-electron chi connectivity index (χ0n) is 16.0. The third-order valence-corrected chi connectivity index (χ3v) is 4.43. The first-order chi connectivity index (χ1) is 13.4. The third-order valence-electron chi connectivity index (χ3n) is 3.95. The minimum absolute atomic E-state index is 0.231. The number of carbonyl (C=O) groups is 2. The molecule has 0 bridgehead atoms. The largest absolute Gasteiger partial charge is 0.493 e. The summed E-state index contributed by atoms with van der Waals surface area (Å²) < 4.78 is 31.3. The van der Waals surface area contributed by atoms with E-state index in [1.54, 1.807) is 35.1 Å². The highest BCUT2D eigenvalue weighted by Crippen LogP contribution is 2.47. The van der Waals surface area contributed by atoms with Crippen LogP contribution in [0.2, 0.25) is 0 Å². The second-order valence-electron chi connectivity index (χ2n) is 5.37.